The monoisotopic (exact) mass is 398 g/mol. The number of Topliss-reactive ketones (excluding diaryl/α,β-unsaturated/α-hetero) is 1. The predicted molar refractivity (Wildman–Crippen MR) is 112 cm³/mol. The van der Waals surface area contributed by atoms with Crippen molar-refractivity contribution in [3.63, 3.8) is 0 Å². The fraction of sp³-hybridized carbons (Fsp3) is 0.190. The van der Waals surface area contributed by atoms with Gasteiger partial charge >= 0.3 is 0 Å². The van der Waals surface area contributed by atoms with Crippen LogP contribution >= 0.6 is 23.4 Å². The van der Waals surface area contributed by atoms with E-state index < -0.39 is 0 Å². The average molecular weight is 399 g/mol. The van der Waals surface area contributed by atoms with Crippen LogP contribution in [-0.4, -0.2) is 21.1 Å². The maximum atomic E-state index is 12.8. The molecule has 0 saturated heterocycles. The number of rotatable bonds is 6. The van der Waals surface area contributed by atoms with Crippen molar-refractivity contribution in [2.75, 3.05) is 5.75 Å². The number of hydrogen-bond donors (Lipinski definition) is 0. The first-order valence-corrected chi connectivity index (χ1v) is 9.81. The van der Waals surface area contributed by atoms with Crippen LogP contribution in [0, 0.1) is 13.8 Å². The molecule has 0 unspecified atom stereocenters. The number of halogens is 1. The molecular weight excluding hydrogens is 380 g/mol. The van der Waals surface area contributed by atoms with Crippen LogP contribution in [0.5, 0.6) is 0 Å². The highest BCUT2D eigenvalue weighted by Gasteiger charge is 2.14. The Morgan fingerprint density at radius 1 is 1.22 bits per heavy atom. The number of fused-ring (bicyclic) bond motifs is 1. The van der Waals surface area contributed by atoms with Crippen molar-refractivity contribution in [3.8, 4) is 0 Å². The number of aromatic nitrogens is 2. The summed E-state index contributed by atoms with van der Waals surface area (Å²) in [6.45, 7) is 8.02. The summed E-state index contributed by atoms with van der Waals surface area (Å²) < 4.78 is 1.53. The zero-order chi connectivity index (χ0) is 19.6. The number of thioether (sulfide) groups is 1. The van der Waals surface area contributed by atoms with Gasteiger partial charge in [0.15, 0.2) is 10.9 Å². The van der Waals surface area contributed by atoms with E-state index in [1.165, 1.54) is 16.3 Å². The van der Waals surface area contributed by atoms with Crippen LogP contribution in [0.1, 0.15) is 21.5 Å². The van der Waals surface area contributed by atoms with Crippen LogP contribution in [0.15, 0.2) is 59.0 Å². The molecule has 3 aromatic rings. The van der Waals surface area contributed by atoms with E-state index >= 15 is 0 Å². The van der Waals surface area contributed by atoms with Crippen molar-refractivity contribution in [1.29, 1.82) is 0 Å². The van der Waals surface area contributed by atoms with Gasteiger partial charge in [-0.15, -0.1) is 6.58 Å². The third kappa shape index (κ3) is 4.15. The van der Waals surface area contributed by atoms with Crippen molar-refractivity contribution >= 4 is 40.0 Å². The van der Waals surface area contributed by atoms with Gasteiger partial charge in [0.05, 0.1) is 16.7 Å². The van der Waals surface area contributed by atoms with Crippen molar-refractivity contribution in [2.45, 2.75) is 25.5 Å². The molecule has 0 aliphatic heterocycles. The number of benzene rings is 2. The number of aryl methyl sites for hydroxylation is 2. The van der Waals surface area contributed by atoms with Gasteiger partial charge in [-0.2, -0.15) is 0 Å². The second-order valence-electron chi connectivity index (χ2n) is 6.27. The molecule has 1 aromatic heterocycles. The second-order valence-corrected chi connectivity index (χ2v) is 7.65. The largest absolute Gasteiger partial charge is 0.293 e. The smallest absolute Gasteiger partial charge is 0.262 e. The van der Waals surface area contributed by atoms with Crippen LogP contribution in [-0.2, 0) is 6.54 Å². The summed E-state index contributed by atoms with van der Waals surface area (Å²) in [5.41, 5.74) is 3.23. The highest BCUT2D eigenvalue weighted by atomic mass is 35.5. The Balaban J connectivity index is 1.94. The molecule has 0 atom stereocenters. The van der Waals surface area contributed by atoms with Gasteiger partial charge in [0, 0.05) is 17.1 Å². The summed E-state index contributed by atoms with van der Waals surface area (Å²) in [7, 11) is 0. The lowest BCUT2D eigenvalue weighted by Gasteiger charge is -2.11. The molecule has 138 valence electrons. The van der Waals surface area contributed by atoms with Gasteiger partial charge < -0.3 is 0 Å². The minimum absolute atomic E-state index is 0.00584. The number of hydrogen-bond acceptors (Lipinski definition) is 4. The minimum Gasteiger partial charge on any atom is -0.293 e. The van der Waals surface area contributed by atoms with E-state index in [2.05, 4.69) is 11.6 Å². The summed E-state index contributed by atoms with van der Waals surface area (Å²) in [6.07, 6.45) is 1.64. The average Bonchev–Trinajstić information content (AvgIpc) is 2.64. The van der Waals surface area contributed by atoms with Gasteiger partial charge in [0.2, 0.25) is 0 Å². The molecule has 3 rings (SSSR count). The van der Waals surface area contributed by atoms with Crippen LogP contribution in [0.3, 0.4) is 0 Å². The van der Waals surface area contributed by atoms with Crippen LogP contribution < -0.4 is 5.56 Å². The summed E-state index contributed by atoms with van der Waals surface area (Å²) in [4.78, 5) is 29.9. The number of carbonyl (C=O) groups is 1. The van der Waals surface area contributed by atoms with E-state index in [1.807, 2.05) is 32.0 Å². The molecule has 0 amide bonds. The van der Waals surface area contributed by atoms with Gasteiger partial charge in [0.1, 0.15) is 0 Å². The van der Waals surface area contributed by atoms with Crippen LogP contribution in [0.25, 0.3) is 10.9 Å². The fourth-order valence-corrected chi connectivity index (χ4v) is 3.77. The van der Waals surface area contributed by atoms with Crippen LogP contribution in [0.4, 0.5) is 0 Å². The molecule has 0 saturated carbocycles. The third-order valence-electron chi connectivity index (χ3n) is 4.36. The summed E-state index contributed by atoms with van der Waals surface area (Å²) in [6, 6.07) is 10.7. The highest BCUT2D eigenvalue weighted by molar-refractivity contribution is 7.99. The van der Waals surface area contributed by atoms with Crippen molar-refractivity contribution < 1.29 is 4.79 Å². The van der Waals surface area contributed by atoms with E-state index in [9.17, 15) is 9.59 Å². The van der Waals surface area contributed by atoms with E-state index in [1.54, 1.807) is 24.3 Å². The quantitative estimate of drug-likeness (QED) is 0.258. The van der Waals surface area contributed by atoms with Gasteiger partial charge in [-0.1, -0.05) is 41.6 Å². The Labute approximate surface area is 166 Å². The highest BCUT2D eigenvalue weighted by Crippen LogP contribution is 2.22. The van der Waals surface area contributed by atoms with E-state index in [0.29, 0.717) is 33.2 Å². The zero-order valence-electron chi connectivity index (χ0n) is 15.2. The first-order chi connectivity index (χ1) is 12.9. The van der Waals surface area contributed by atoms with Crippen molar-refractivity contribution in [2.24, 2.45) is 0 Å². The summed E-state index contributed by atoms with van der Waals surface area (Å²) in [5.74, 6) is 0.187. The summed E-state index contributed by atoms with van der Waals surface area (Å²) in [5, 5.41) is 1.48. The fourth-order valence-electron chi connectivity index (χ4n) is 2.70. The minimum atomic E-state index is -0.169. The second kappa shape index (κ2) is 8.11. The molecule has 6 heteroatoms. The molecule has 0 aliphatic rings. The Kier molecular flexibility index (Phi) is 5.82. The SMILES string of the molecule is C=CCn1c(SCC(=O)c2ccc(C)c(C)c2)nc2cc(Cl)ccc2c1=O. The third-order valence-corrected chi connectivity index (χ3v) is 5.57. The van der Waals surface area contributed by atoms with E-state index in [4.69, 9.17) is 11.6 Å². The molecule has 0 bridgehead atoms. The number of allylic oxidation sites excluding steroid dienone is 1. The normalized spacial score (nSPS) is 10.9. The summed E-state index contributed by atoms with van der Waals surface area (Å²) >= 11 is 7.28. The number of carbonyl (C=O) groups excluding carboxylic acids is 1. The molecule has 0 spiro atoms. The maximum Gasteiger partial charge on any atom is 0.262 e. The molecular formula is C21H19ClN2O2S. The first-order valence-electron chi connectivity index (χ1n) is 8.45. The first kappa shape index (κ1) is 19.4. The molecule has 0 radical (unpaired) electrons. The lowest BCUT2D eigenvalue weighted by Crippen LogP contribution is -2.23. The lowest BCUT2D eigenvalue weighted by molar-refractivity contribution is 0.102. The molecule has 27 heavy (non-hydrogen) atoms. The molecule has 1 heterocycles. The number of nitrogens with zero attached hydrogens (tertiary/aromatic N) is 2. The molecule has 0 N–H and O–H groups in total. The van der Waals surface area contributed by atoms with E-state index in [-0.39, 0.29) is 17.1 Å². The zero-order valence-corrected chi connectivity index (χ0v) is 16.7. The molecule has 0 fully saturated rings. The molecule has 0 aliphatic carbocycles. The predicted octanol–water partition coefficient (Wildman–Crippen LogP) is 4.83. The van der Waals surface area contributed by atoms with Gasteiger partial charge in [0.25, 0.3) is 5.56 Å². The van der Waals surface area contributed by atoms with Gasteiger partial charge in [-0.25, -0.2) is 4.98 Å². The van der Waals surface area contributed by atoms with Crippen molar-refractivity contribution in [1.82, 2.24) is 9.55 Å². The topological polar surface area (TPSA) is 52.0 Å². The Morgan fingerprint density at radius 2 is 2.00 bits per heavy atom. The Morgan fingerprint density at radius 3 is 2.70 bits per heavy atom. The molecule has 2 aromatic carbocycles. The maximum absolute atomic E-state index is 12.8. The lowest BCUT2D eigenvalue weighted by atomic mass is 10.0. The van der Waals surface area contributed by atoms with Gasteiger partial charge in [-0.05, 0) is 49.2 Å². The van der Waals surface area contributed by atoms with Gasteiger partial charge in [-0.3, -0.25) is 14.2 Å². The number of ketones is 1. The molecule has 4 nitrogen and oxygen atoms in total. The Hall–Kier alpha value is -2.37. The van der Waals surface area contributed by atoms with Crippen molar-refractivity contribution in [3.05, 3.63) is 81.1 Å². The van der Waals surface area contributed by atoms with E-state index in [0.717, 1.165) is 11.1 Å². The standard InChI is InChI=1S/C21H19ClN2O2S/c1-4-9-24-20(26)17-8-7-16(22)11-18(17)23-21(24)27-12-19(25)15-6-5-13(2)14(3)10-15/h4-8,10-11H,1,9,12H2,2-3H3. The van der Waals surface area contributed by atoms with Crippen LogP contribution in [0.2, 0.25) is 5.02 Å². The Bertz CT molecular complexity index is 1110.